The second kappa shape index (κ2) is 5.75. The van der Waals surface area contributed by atoms with E-state index in [0.29, 0.717) is 6.54 Å². The van der Waals surface area contributed by atoms with Gasteiger partial charge in [0.1, 0.15) is 0 Å². The molecular weight excluding hydrogens is 272 g/mol. The molecular formula is C15H13ClN4. The molecule has 4 nitrogen and oxygen atoms in total. The van der Waals surface area contributed by atoms with E-state index in [4.69, 9.17) is 11.6 Å². The maximum Gasteiger partial charge on any atom is 0.176 e. The first-order chi connectivity index (χ1) is 9.84. The predicted molar refractivity (Wildman–Crippen MR) is 80.1 cm³/mol. The number of rotatable bonds is 4. The van der Waals surface area contributed by atoms with E-state index in [0.717, 1.165) is 22.1 Å². The third kappa shape index (κ3) is 2.65. The van der Waals surface area contributed by atoms with E-state index < -0.39 is 0 Å². The van der Waals surface area contributed by atoms with Crippen LogP contribution in [0.15, 0.2) is 61.1 Å². The first-order valence-electron chi connectivity index (χ1n) is 6.27. The van der Waals surface area contributed by atoms with Crippen molar-refractivity contribution in [3.8, 4) is 5.82 Å². The molecule has 2 heterocycles. The van der Waals surface area contributed by atoms with E-state index >= 15 is 0 Å². The van der Waals surface area contributed by atoms with Gasteiger partial charge in [0.15, 0.2) is 5.82 Å². The van der Waals surface area contributed by atoms with Gasteiger partial charge < -0.3 is 5.32 Å². The standard InChI is InChI=1S/C15H13ClN4/c16-13-6-2-1-5-12(13)11-18-14-7-3-8-17-15(14)20-10-4-9-19-20/h1-10,18H,11H2. The van der Waals surface area contributed by atoms with Crippen LogP contribution in [0.4, 0.5) is 5.69 Å². The largest absolute Gasteiger partial charge is 0.378 e. The molecule has 0 spiro atoms. The molecule has 1 aromatic carbocycles. The summed E-state index contributed by atoms with van der Waals surface area (Å²) < 4.78 is 1.73. The third-order valence-corrected chi connectivity index (χ3v) is 3.30. The molecule has 3 aromatic rings. The summed E-state index contributed by atoms with van der Waals surface area (Å²) in [6.45, 7) is 0.639. The molecule has 0 unspecified atom stereocenters. The molecule has 100 valence electrons. The summed E-state index contributed by atoms with van der Waals surface area (Å²) in [6.07, 6.45) is 5.34. The normalized spacial score (nSPS) is 10.4. The van der Waals surface area contributed by atoms with Crippen molar-refractivity contribution in [1.82, 2.24) is 14.8 Å². The lowest BCUT2D eigenvalue weighted by molar-refractivity contribution is 0.846. The average Bonchev–Trinajstić information content (AvgIpc) is 3.01. The van der Waals surface area contributed by atoms with Crippen LogP contribution < -0.4 is 5.32 Å². The van der Waals surface area contributed by atoms with E-state index in [2.05, 4.69) is 15.4 Å². The van der Waals surface area contributed by atoms with E-state index in [-0.39, 0.29) is 0 Å². The number of nitrogens with one attached hydrogen (secondary N) is 1. The summed E-state index contributed by atoms with van der Waals surface area (Å²) in [7, 11) is 0. The van der Waals surface area contributed by atoms with Crippen molar-refractivity contribution in [1.29, 1.82) is 0 Å². The van der Waals surface area contributed by atoms with Crippen molar-refractivity contribution in [3.05, 3.63) is 71.6 Å². The number of aromatic nitrogens is 3. The third-order valence-electron chi connectivity index (χ3n) is 2.94. The van der Waals surface area contributed by atoms with Gasteiger partial charge in [0, 0.05) is 30.2 Å². The van der Waals surface area contributed by atoms with Crippen molar-refractivity contribution in [2.45, 2.75) is 6.54 Å². The molecule has 0 radical (unpaired) electrons. The Balaban J connectivity index is 1.84. The number of pyridine rings is 1. The number of anilines is 1. The predicted octanol–water partition coefficient (Wildman–Crippen LogP) is 3.53. The molecule has 5 heteroatoms. The lowest BCUT2D eigenvalue weighted by Crippen LogP contribution is -2.06. The van der Waals surface area contributed by atoms with E-state index in [1.54, 1.807) is 17.1 Å². The zero-order chi connectivity index (χ0) is 13.8. The Labute approximate surface area is 122 Å². The molecule has 0 saturated carbocycles. The molecule has 0 aliphatic rings. The topological polar surface area (TPSA) is 42.7 Å². The van der Waals surface area contributed by atoms with Crippen LogP contribution in [0.5, 0.6) is 0 Å². The van der Waals surface area contributed by atoms with Crippen molar-refractivity contribution >= 4 is 17.3 Å². The zero-order valence-corrected chi connectivity index (χ0v) is 11.5. The van der Waals surface area contributed by atoms with Gasteiger partial charge in [-0.1, -0.05) is 29.8 Å². The summed E-state index contributed by atoms with van der Waals surface area (Å²) in [5, 5.41) is 8.31. The van der Waals surface area contributed by atoms with Gasteiger partial charge in [0.2, 0.25) is 0 Å². The highest BCUT2D eigenvalue weighted by molar-refractivity contribution is 6.31. The van der Waals surface area contributed by atoms with Gasteiger partial charge in [-0.05, 0) is 29.8 Å². The minimum Gasteiger partial charge on any atom is -0.378 e. The van der Waals surface area contributed by atoms with Crippen LogP contribution in [0.1, 0.15) is 5.56 Å². The number of halogens is 1. The Morgan fingerprint density at radius 1 is 1.05 bits per heavy atom. The van der Waals surface area contributed by atoms with Crippen LogP contribution >= 0.6 is 11.6 Å². The van der Waals surface area contributed by atoms with Crippen LogP contribution in [0, 0.1) is 0 Å². The Hall–Kier alpha value is -2.33. The lowest BCUT2D eigenvalue weighted by Gasteiger charge is -2.11. The highest BCUT2D eigenvalue weighted by atomic mass is 35.5. The van der Waals surface area contributed by atoms with Crippen LogP contribution in [-0.2, 0) is 6.54 Å². The molecule has 0 saturated heterocycles. The second-order valence-corrected chi connectivity index (χ2v) is 4.68. The summed E-state index contributed by atoms with van der Waals surface area (Å²) in [6, 6.07) is 13.5. The number of hydrogen-bond acceptors (Lipinski definition) is 3. The molecule has 0 aliphatic carbocycles. The molecule has 1 N–H and O–H groups in total. The zero-order valence-electron chi connectivity index (χ0n) is 10.7. The first kappa shape index (κ1) is 12.7. The molecule has 0 amide bonds. The van der Waals surface area contributed by atoms with Crippen LogP contribution in [0.2, 0.25) is 5.02 Å². The molecule has 0 aliphatic heterocycles. The van der Waals surface area contributed by atoms with Gasteiger partial charge in [-0.25, -0.2) is 9.67 Å². The smallest absolute Gasteiger partial charge is 0.176 e. The molecule has 0 fully saturated rings. The summed E-state index contributed by atoms with van der Waals surface area (Å²) in [5.41, 5.74) is 1.96. The van der Waals surface area contributed by atoms with Crippen LogP contribution in [0.3, 0.4) is 0 Å². The molecule has 20 heavy (non-hydrogen) atoms. The number of nitrogens with zero attached hydrogens (tertiary/aromatic N) is 3. The fourth-order valence-electron chi connectivity index (χ4n) is 1.94. The minimum atomic E-state index is 0.639. The highest BCUT2D eigenvalue weighted by Gasteiger charge is 2.06. The van der Waals surface area contributed by atoms with E-state index in [1.807, 2.05) is 48.7 Å². The van der Waals surface area contributed by atoms with Gasteiger partial charge in [-0.3, -0.25) is 0 Å². The quantitative estimate of drug-likeness (QED) is 0.797. The van der Waals surface area contributed by atoms with Crippen molar-refractivity contribution < 1.29 is 0 Å². The number of hydrogen-bond donors (Lipinski definition) is 1. The average molecular weight is 285 g/mol. The number of benzene rings is 1. The Morgan fingerprint density at radius 3 is 2.75 bits per heavy atom. The van der Waals surface area contributed by atoms with E-state index in [9.17, 15) is 0 Å². The monoisotopic (exact) mass is 284 g/mol. The maximum atomic E-state index is 6.16. The van der Waals surface area contributed by atoms with Crippen LogP contribution in [-0.4, -0.2) is 14.8 Å². The fourth-order valence-corrected chi connectivity index (χ4v) is 2.15. The molecule has 0 atom stereocenters. The first-order valence-corrected chi connectivity index (χ1v) is 6.65. The van der Waals surface area contributed by atoms with Gasteiger partial charge >= 0.3 is 0 Å². The van der Waals surface area contributed by atoms with Gasteiger partial charge in [0.25, 0.3) is 0 Å². The summed E-state index contributed by atoms with van der Waals surface area (Å²) in [4.78, 5) is 4.36. The van der Waals surface area contributed by atoms with E-state index in [1.165, 1.54) is 0 Å². The Bertz CT molecular complexity index is 695. The van der Waals surface area contributed by atoms with Gasteiger partial charge in [-0.15, -0.1) is 0 Å². The van der Waals surface area contributed by atoms with Crippen molar-refractivity contribution in [2.24, 2.45) is 0 Å². The van der Waals surface area contributed by atoms with Gasteiger partial charge in [0.05, 0.1) is 5.69 Å². The van der Waals surface area contributed by atoms with Crippen molar-refractivity contribution in [3.63, 3.8) is 0 Å². The molecule has 0 bridgehead atoms. The summed E-state index contributed by atoms with van der Waals surface area (Å²) in [5.74, 6) is 0.768. The SMILES string of the molecule is Clc1ccccc1CNc1cccnc1-n1cccn1. The summed E-state index contributed by atoms with van der Waals surface area (Å²) >= 11 is 6.16. The van der Waals surface area contributed by atoms with Gasteiger partial charge in [-0.2, -0.15) is 5.10 Å². The minimum absolute atomic E-state index is 0.639. The maximum absolute atomic E-state index is 6.16. The highest BCUT2D eigenvalue weighted by Crippen LogP contribution is 2.20. The fraction of sp³-hybridized carbons (Fsp3) is 0.0667. The second-order valence-electron chi connectivity index (χ2n) is 4.27. The molecule has 2 aromatic heterocycles. The van der Waals surface area contributed by atoms with Crippen molar-refractivity contribution in [2.75, 3.05) is 5.32 Å². The lowest BCUT2D eigenvalue weighted by atomic mass is 10.2. The Kier molecular flexibility index (Phi) is 3.65. The Morgan fingerprint density at radius 2 is 1.95 bits per heavy atom. The molecule has 3 rings (SSSR count). The van der Waals surface area contributed by atoms with Crippen LogP contribution in [0.25, 0.3) is 5.82 Å².